The summed E-state index contributed by atoms with van der Waals surface area (Å²) >= 11 is 4.90. The second-order valence-electron chi connectivity index (χ2n) is 11.1. The van der Waals surface area contributed by atoms with Gasteiger partial charge >= 0.3 is 5.97 Å². The van der Waals surface area contributed by atoms with E-state index >= 15 is 0 Å². The molecule has 4 fully saturated rings. The van der Waals surface area contributed by atoms with E-state index in [1.54, 1.807) is 6.08 Å². The third-order valence-corrected chi connectivity index (χ3v) is 10.2. The molecule has 1 heterocycles. The number of carbonyl (C=O) groups excluding carboxylic acids is 1. The molecule has 1 aliphatic heterocycles. The van der Waals surface area contributed by atoms with Crippen LogP contribution in [0.25, 0.3) is 0 Å². The van der Waals surface area contributed by atoms with E-state index in [2.05, 4.69) is 24.4 Å². The predicted molar refractivity (Wildman–Crippen MR) is 123 cm³/mol. The van der Waals surface area contributed by atoms with E-state index in [1.807, 2.05) is 0 Å². The largest absolute Gasteiger partial charge is 0.458 e. The average molecular weight is 446 g/mol. The van der Waals surface area contributed by atoms with Crippen LogP contribution < -0.4 is 11.2 Å². The summed E-state index contributed by atoms with van der Waals surface area (Å²) in [6.07, 6.45) is 11.0. The Bertz CT molecular complexity index is 872. The van der Waals surface area contributed by atoms with Gasteiger partial charge in [-0.05, 0) is 105 Å². The van der Waals surface area contributed by atoms with Crippen molar-refractivity contribution < 1.29 is 14.6 Å². The smallest absolute Gasteiger partial charge is 0.331 e. The summed E-state index contributed by atoms with van der Waals surface area (Å²) in [6.45, 7) is 5.16. The molecule has 0 amide bonds. The van der Waals surface area contributed by atoms with Gasteiger partial charge in [0.25, 0.3) is 0 Å². The van der Waals surface area contributed by atoms with Crippen LogP contribution in [0.1, 0.15) is 71.6 Å². The topological polar surface area (TPSA) is 96.9 Å². The number of esters is 1. The van der Waals surface area contributed by atoms with Gasteiger partial charge in [-0.3, -0.25) is 5.43 Å². The van der Waals surface area contributed by atoms with Crippen LogP contribution >= 0.6 is 12.2 Å². The number of hydrazone groups is 1. The normalized spacial score (nSPS) is 47.8. The number of thiocarbonyl (C=S) groups is 1. The molecule has 0 bridgehead atoms. The Balaban J connectivity index is 1.39. The number of hydrogen-bond acceptors (Lipinski definition) is 5. The Kier molecular flexibility index (Phi) is 5.02. The molecule has 7 heteroatoms. The monoisotopic (exact) mass is 445 g/mol. The van der Waals surface area contributed by atoms with Crippen molar-refractivity contribution >= 4 is 29.0 Å². The molecular weight excluding hydrogens is 410 g/mol. The van der Waals surface area contributed by atoms with Gasteiger partial charge in [0, 0.05) is 17.2 Å². The molecule has 0 aromatic carbocycles. The number of hydrogen-bond donors (Lipinski definition) is 3. The quantitative estimate of drug-likeness (QED) is 0.342. The Hall–Kier alpha value is -1.47. The standard InChI is InChI=1S/C24H35N3O3S/c1-22-8-5-16(26-27-21(25)31)12-15(22)3-4-19-18(22)6-9-23(2)17(7-10-24(19,23)29)14-11-20(28)30-13-14/h11,15,17-19,29H,3-10,12-13H2,1-2H3,(H3,25,27,31)/b26-16-/t15-,17-,18+,19-,22+,23-,24+/m1/s1. The molecule has 4 saturated carbocycles. The molecule has 5 rings (SSSR count). The minimum atomic E-state index is -0.650. The van der Waals surface area contributed by atoms with Crippen molar-refractivity contribution in [3.05, 3.63) is 11.6 Å². The zero-order valence-electron chi connectivity index (χ0n) is 18.7. The average Bonchev–Trinajstić information content (AvgIpc) is 3.26. The SMILES string of the molecule is C[C@]12CC/C(=N/NC(N)=S)C[C@H]1CC[C@@H]1[C@@H]2CC[C@]2(C)[C@@H](C3=CC(=O)OC3)CC[C@]12O. The van der Waals surface area contributed by atoms with Crippen molar-refractivity contribution in [2.45, 2.75) is 77.2 Å². The summed E-state index contributed by atoms with van der Waals surface area (Å²) in [5.41, 5.74) is 10.0. The van der Waals surface area contributed by atoms with Gasteiger partial charge in [-0.2, -0.15) is 5.10 Å². The van der Waals surface area contributed by atoms with Crippen LogP contribution in [0.2, 0.25) is 0 Å². The molecule has 0 unspecified atom stereocenters. The molecule has 0 radical (unpaired) electrons. The van der Waals surface area contributed by atoms with Crippen molar-refractivity contribution in [1.29, 1.82) is 0 Å². The van der Waals surface area contributed by atoms with E-state index < -0.39 is 5.60 Å². The highest BCUT2D eigenvalue weighted by atomic mass is 32.1. The van der Waals surface area contributed by atoms with Crippen molar-refractivity contribution in [2.75, 3.05) is 6.61 Å². The first-order chi connectivity index (χ1) is 14.7. The lowest BCUT2D eigenvalue weighted by atomic mass is 9.43. The maximum absolute atomic E-state index is 12.2. The van der Waals surface area contributed by atoms with Crippen LogP contribution in [0.3, 0.4) is 0 Å². The first kappa shape index (κ1) is 21.4. The number of aliphatic hydroxyl groups is 1. The van der Waals surface area contributed by atoms with Crippen LogP contribution in [-0.4, -0.2) is 34.1 Å². The van der Waals surface area contributed by atoms with Crippen molar-refractivity contribution in [2.24, 2.45) is 45.3 Å². The van der Waals surface area contributed by atoms with Crippen molar-refractivity contribution in [3.8, 4) is 0 Å². The summed E-state index contributed by atoms with van der Waals surface area (Å²) in [7, 11) is 0. The highest BCUT2D eigenvalue weighted by Crippen LogP contribution is 2.69. The molecule has 0 saturated heterocycles. The maximum atomic E-state index is 12.2. The van der Waals surface area contributed by atoms with E-state index in [-0.39, 0.29) is 27.8 Å². The summed E-state index contributed by atoms with van der Waals surface area (Å²) in [4.78, 5) is 11.7. The number of ether oxygens (including phenoxy) is 1. The Morgan fingerprint density at radius 2 is 2.03 bits per heavy atom. The number of fused-ring (bicyclic) bond motifs is 5. The predicted octanol–water partition coefficient (Wildman–Crippen LogP) is 3.43. The molecule has 4 N–H and O–H groups in total. The molecule has 170 valence electrons. The third-order valence-electron chi connectivity index (χ3n) is 10.1. The molecular formula is C24H35N3O3S. The number of nitrogens with one attached hydrogen (secondary N) is 1. The van der Waals surface area contributed by atoms with Gasteiger partial charge < -0.3 is 15.6 Å². The van der Waals surface area contributed by atoms with Crippen LogP contribution in [0.4, 0.5) is 0 Å². The first-order valence-corrected chi connectivity index (χ1v) is 12.3. The van der Waals surface area contributed by atoms with Gasteiger partial charge in [0.2, 0.25) is 0 Å². The summed E-state index contributed by atoms with van der Waals surface area (Å²) in [5, 5.41) is 16.9. The second-order valence-corrected chi connectivity index (χ2v) is 11.6. The molecule has 0 spiro atoms. The number of cyclic esters (lactones) is 1. The fourth-order valence-corrected chi connectivity index (χ4v) is 8.49. The van der Waals surface area contributed by atoms with Crippen LogP contribution in [0.15, 0.2) is 16.8 Å². The van der Waals surface area contributed by atoms with Gasteiger partial charge in [0.15, 0.2) is 5.11 Å². The van der Waals surface area contributed by atoms with Gasteiger partial charge in [0.1, 0.15) is 6.61 Å². The number of carbonyl (C=O) groups is 1. The van der Waals surface area contributed by atoms with E-state index in [0.29, 0.717) is 24.4 Å². The molecule has 0 aromatic heterocycles. The summed E-state index contributed by atoms with van der Waals surface area (Å²) in [5.74, 6) is 1.52. The zero-order chi connectivity index (χ0) is 22.0. The molecule has 0 aromatic rings. The summed E-state index contributed by atoms with van der Waals surface area (Å²) in [6, 6.07) is 0. The van der Waals surface area contributed by atoms with E-state index in [0.717, 1.165) is 63.4 Å². The number of nitrogens with two attached hydrogens (primary N) is 1. The maximum Gasteiger partial charge on any atom is 0.331 e. The minimum Gasteiger partial charge on any atom is -0.458 e. The molecule has 6 nitrogen and oxygen atoms in total. The Morgan fingerprint density at radius 1 is 1.23 bits per heavy atom. The lowest BCUT2D eigenvalue weighted by Gasteiger charge is -2.63. The number of rotatable bonds is 2. The zero-order valence-corrected chi connectivity index (χ0v) is 19.5. The second kappa shape index (κ2) is 7.27. The van der Waals surface area contributed by atoms with E-state index in [9.17, 15) is 9.90 Å². The van der Waals surface area contributed by atoms with Gasteiger partial charge in [-0.1, -0.05) is 13.8 Å². The fraction of sp³-hybridized carbons (Fsp3) is 0.792. The lowest BCUT2D eigenvalue weighted by molar-refractivity contribution is -0.200. The Labute approximate surface area is 190 Å². The van der Waals surface area contributed by atoms with Gasteiger partial charge in [-0.15, -0.1) is 0 Å². The molecule has 31 heavy (non-hydrogen) atoms. The van der Waals surface area contributed by atoms with Crippen molar-refractivity contribution in [1.82, 2.24) is 5.43 Å². The van der Waals surface area contributed by atoms with Gasteiger partial charge in [-0.25, -0.2) is 4.79 Å². The Morgan fingerprint density at radius 3 is 2.74 bits per heavy atom. The van der Waals surface area contributed by atoms with Gasteiger partial charge in [0.05, 0.1) is 5.60 Å². The first-order valence-electron chi connectivity index (χ1n) is 11.9. The lowest BCUT2D eigenvalue weighted by Crippen LogP contribution is -2.62. The highest BCUT2D eigenvalue weighted by Gasteiger charge is 2.67. The van der Waals surface area contributed by atoms with Crippen LogP contribution in [0, 0.1) is 34.5 Å². The van der Waals surface area contributed by atoms with E-state index in [1.165, 1.54) is 5.71 Å². The molecule has 4 aliphatic carbocycles. The highest BCUT2D eigenvalue weighted by molar-refractivity contribution is 7.80. The fourth-order valence-electron chi connectivity index (χ4n) is 8.45. The third kappa shape index (κ3) is 3.10. The minimum absolute atomic E-state index is 0.167. The van der Waals surface area contributed by atoms with E-state index in [4.69, 9.17) is 22.7 Å². The van der Waals surface area contributed by atoms with Crippen LogP contribution in [0.5, 0.6) is 0 Å². The number of nitrogens with zero attached hydrogens (tertiary/aromatic N) is 1. The van der Waals surface area contributed by atoms with Crippen LogP contribution in [-0.2, 0) is 9.53 Å². The molecule has 7 atom stereocenters. The molecule has 5 aliphatic rings. The van der Waals surface area contributed by atoms with Crippen molar-refractivity contribution in [3.63, 3.8) is 0 Å². The summed E-state index contributed by atoms with van der Waals surface area (Å²) < 4.78 is 5.23.